The highest BCUT2D eigenvalue weighted by atomic mass is 15.0. The Hall–Kier alpha value is -9.20. The highest BCUT2D eigenvalue weighted by Gasteiger charge is 2.16. The Morgan fingerprint density at radius 3 is 1.21 bits per heavy atom. The summed E-state index contributed by atoms with van der Waals surface area (Å²) < 4.78 is 2.31. The van der Waals surface area contributed by atoms with Gasteiger partial charge in [0.15, 0.2) is 17.5 Å². The topological polar surface area (TPSA) is 82.3 Å². The summed E-state index contributed by atoms with van der Waals surface area (Å²) >= 11 is 0. The van der Waals surface area contributed by atoms with Gasteiger partial charge in [-0.15, -0.1) is 0 Å². The summed E-state index contributed by atoms with van der Waals surface area (Å²) in [6, 6.07) is 77.2. The van der Waals surface area contributed by atoms with E-state index in [4.69, 9.17) is 29.9 Å². The lowest BCUT2D eigenvalue weighted by molar-refractivity contribution is 1.07. The van der Waals surface area contributed by atoms with Crippen molar-refractivity contribution >= 4 is 21.8 Å². The molecule has 7 aromatic carbocycles. The highest BCUT2D eigenvalue weighted by Crippen LogP contribution is 2.35. The van der Waals surface area contributed by atoms with Crippen molar-refractivity contribution < 1.29 is 0 Å². The van der Waals surface area contributed by atoms with E-state index in [0.717, 1.165) is 89.6 Å². The lowest BCUT2D eigenvalue weighted by atomic mass is 9.99. The Balaban J connectivity index is 0.829. The Morgan fingerprint density at radius 1 is 0.269 bits per heavy atom. The third-order valence-corrected chi connectivity index (χ3v) is 12.2. The van der Waals surface area contributed by atoms with Gasteiger partial charge < -0.3 is 4.57 Å². The van der Waals surface area contributed by atoms with Crippen LogP contribution < -0.4 is 0 Å². The van der Waals surface area contributed by atoms with E-state index >= 15 is 0 Å². The van der Waals surface area contributed by atoms with E-state index in [1.54, 1.807) is 0 Å². The van der Waals surface area contributed by atoms with Gasteiger partial charge in [-0.25, -0.2) is 19.9 Å². The molecule has 0 atom stereocenters. The van der Waals surface area contributed by atoms with Gasteiger partial charge >= 0.3 is 0 Å². The largest absolute Gasteiger partial charge is 0.309 e. The van der Waals surface area contributed by atoms with Gasteiger partial charge in [0.2, 0.25) is 0 Å². The maximum atomic E-state index is 5.21. The predicted octanol–water partition coefficient (Wildman–Crippen LogP) is 14.5. The fourth-order valence-corrected chi connectivity index (χ4v) is 8.81. The first-order chi connectivity index (χ1) is 33.2. The first-order valence-corrected chi connectivity index (χ1v) is 22.3. The van der Waals surface area contributed by atoms with Crippen molar-refractivity contribution in [2.75, 3.05) is 0 Å². The van der Waals surface area contributed by atoms with Gasteiger partial charge in [0.25, 0.3) is 0 Å². The van der Waals surface area contributed by atoms with Crippen LogP contribution in [0.2, 0.25) is 0 Å². The van der Waals surface area contributed by atoms with Crippen LogP contribution in [0.25, 0.3) is 118 Å². The van der Waals surface area contributed by atoms with Crippen molar-refractivity contribution in [2.45, 2.75) is 0 Å². The molecule has 0 unspecified atom stereocenters. The number of aromatic nitrogens is 7. The van der Waals surface area contributed by atoms with Gasteiger partial charge in [-0.3, -0.25) is 9.97 Å². The number of hydrogen-bond donors (Lipinski definition) is 0. The van der Waals surface area contributed by atoms with E-state index in [2.05, 4.69) is 162 Å². The highest BCUT2D eigenvalue weighted by molar-refractivity contribution is 6.09. The van der Waals surface area contributed by atoms with Crippen LogP contribution in [0.4, 0.5) is 0 Å². The van der Waals surface area contributed by atoms with Gasteiger partial charge in [0.05, 0.1) is 33.8 Å². The molecule has 0 saturated carbocycles. The second-order valence-corrected chi connectivity index (χ2v) is 16.4. The van der Waals surface area contributed by atoms with E-state index in [1.807, 2.05) is 79.1 Å². The van der Waals surface area contributed by atoms with Crippen LogP contribution in [-0.2, 0) is 0 Å². The fourth-order valence-electron chi connectivity index (χ4n) is 8.81. The molecule has 0 amide bonds. The van der Waals surface area contributed by atoms with Crippen LogP contribution in [0.15, 0.2) is 237 Å². The lowest BCUT2D eigenvalue weighted by Gasteiger charge is -2.12. The molecule has 0 aliphatic heterocycles. The summed E-state index contributed by atoms with van der Waals surface area (Å²) in [5, 5.41) is 2.43. The Morgan fingerprint density at radius 2 is 0.687 bits per heavy atom. The van der Waals surface area contributed by atoms with Crippen molar-refractivity contribution in [3.63, 3.8) is 0 Å². The van der Waals surface area contributed by atoms with Crippen molar-refractivity contribution in [1.82, 2.24) is 34.5 Å². The van der Waals surface area contributed by atoms with Crippen molar-refractivity contribution in [2.24, 2.45) is 0 Å². The number of nitrogens with zero attached hydrogens (tertiary/aromatic N) is 7. The average molecular weight is 858 g/mol. The molecule has 0 saturated heterocycles. The molecular formula is C60H39N7. The molecular weight excluding hydrogens is 819 g/mol. The third kappa shape index (κ3) is 7.70. The van der Waals surface area contributed by atoms with Crippen LogP contribution >= 0.6 is 0 Å². The second kappa shape index (κ2) is 17.1. The van der Waals surface area contributed by atoms with E-state index in [1.165, 1.54) is 10.8 Å². The van der Waals surface area contributed by atoms with Crippen LogP contribution in [0, 0.1) is 0 Å². The second-order valence-electron chi connectivity index (χ2n) is 16.4. The zero-order valence-corrected chi connectivity index (χ0v) is 36.1. The van der Waals surface area contributed by atoms with Gasteiger partial charge in [-0.1, -0.05) is 182 Å². The molecule has 0 fully saturated rings. The van der Waals surface area contributed by atoms with Crippen LogP contribution in [0.3, 0.4) is 0 Å². The normalized spacial score (nSPS) is 11.3. The van der Waals surface area contributed by atoms with Crippen LogP contribution in [-0.4, -0.2) is 34.5 Å². The molecule has 5 heterocycles. The Kier molecular flexibility index (Phi) is 10.0. The first kappa shape index (κ1) is 39.4. The maximum absolute atomic E-state index is 5.21. The monoisotopic (exact) mass is 857 g/mol. The number of para-hydroxylation sites is 2. The van der Waals surface area contributed by atoms with E-state index < -0.39 is 0 Å². The molecule has 0 bridgehead atoms. The number of fused-ring (bicyclic) bond motifs is 3. The molecule has 0 N–H and O–H groups in total. The minimum atomic E-state index is 0.630. The maximum Gasteiger partial charge on any atom is 0.164 e. The third-order valence-electron chi connectivity index (χ3n) is 12.2. The zero-order valence-electron chi connectivity index (χ0n) is 36.1. The molecule has 0 spiro atoms. The Labute approximate surface area is 387 Å². The molecule has 12 rings (SSSR count). The summed E-state index contributed by atoms with van der Waals surface area (Å²) in [4.78, 5) is 29.7. The minimum Gasteiger partial charge on any atom is -0.309 e. The summed E-state index contributed by atoms with van der Waals surface area (Å²) in [5.74, 6) is 1.91. The molecule has 0 aliphatic rings. The van der Waals surface area contributed by atoms with Crippen molar-refractivity contribution in [3.8, 4) is 96.0 Å². The molecule has 314 valence electrons. The SMILES string of the molecule is c1ccc(-c2cc(-c3ccc(-c4ccc(-c5ccc(-c6nc(-c7ccccc7)nc(-c7ccccc7)n6)cc5)cc4)cn3)nc(-c3cc(-n4c5ccccc5c5ccccc54)ccn3)c2)cc1. The van der Waals surface area contributed by atoms with E-state index in [9.17, 15) is 0 Å². The van der Waals surface area contributed by atoms with Gasteiger partial charge in [0.1, 0.15) is 0 Å². The van der Waals surface area contributed by atoms with Crippen molar-refractivity contribution in [1.29, 1.82) is 0 Å². The zero-order chi connectivity index (χ0) is 44.5. The Bertz CT molecular complexity index is 3590. The van der Waals surface area contributed by atoms with Crippen LogP contribution in [0.1, 0.15) is 0 Å². The van der Waals surface area contributed by atoms with E-state index in [-0.39, 0.29) is 0 Å². The molecule has 67 heavy (non-hydrogen) atoms. The van der Waals surface area contributed by atoms with Gasteiger partial charge in [0, 0.05) is 51.1 Å². The summed E-state index contributed by atoms with van der Waals surface area (Å²) in [5.41, 5.74) is 15.7. The number of benzene rings is 7. The summed E-state index contributed by atoms with van der Waals surface area (Å²) in [7, 11) is 0. The van der Waals surface area contributed by atoms with E-state index in [0.29, 0.717) is 17.5 Å². The predicted molar refractivity (Wildman–Crippen MR) is 271 cm³/mol. The molecule has 0 radical (unpaired) electrons. The smallest absolute Gasteiger partial charge is 0.164 e. The van der Waals surface area contributed by atoms with Gasteiger partial charge in [-0.05, 0) is 70.3 Å². The number of pyridine rings is 3. The van der Waals surface area contributed by atoms with Gasteiger partial charge in [-0.2, -0.15) is 0 Å². The van der Waals surface area contributed by atoms with Crippen molar-refractivity contribution in [3.05, 3.63) is 237 Å². The van der Waals surface area contributed by atoms with Crippen LogP contribution in [0.5, 0.6) is 0 Å². The number of rotatable bonds is 9. The first-order valence-electron chi connectivity index (χ1n) is 22.3. The quantitative estimate of drug-likeness (QED) is 0.144. The standard InChI is InChI=1S/C60H39N7/c1-4-14-40(15-5-1)48-36-54(63-55(37-48)53-38-49(34-35-61-53)67-56-22-12-10-20-50(56)51-21-11-13-23-57(51)67)52-33-32-47(39-62-52)43-26-24-41(25-27-43)42-28-30-46(31-29-42)60-65-58(44-16-6-2-7-17-44)64-59(66-60)45-18-8-3-9-19-45/h1-39H. The average Bonchev–Trinajstić information content (AvgIpc) is 3.76. The molecule has 7 heteroatoms. The molecule has 7 nitrogen and oxygen atoms in total. The molecule has 12 aromatic rings. The fraction of sp³-hybridized carbons (Fsp3) is 0. The minimum absolute atomic E-state index is 0.630. The molecule has 0 aliphatic carbocycles. The molecule has 5 aromatic heterocycles. The summed E-state index contributed by atoms with van der Waals surface area (Å²) in [6.07, 6.45) is 3.80. The number of hydrogen-bond acceptors (Lipinski definition) is 6. The lowest BCUT2D eigenvalue weighted by Crippen LogP contribution is -2.00. The summed E-state index contributed by atoms with van der Waals surface area (Å²) in [6.45, 7) is 0.